The van der Waals surface area contributed by atoms with Gasteiger partial charge in [0.1, 0.15) is 11.6 Å². The molecule has 1 aliphatic rings. The molecule has 2 rings (SSSR count). The minimum absolute atomic E-state index is 0.0118. The number of carbonyl (C=O) groups is 1. The van der Waals surface area contributed by atoms with Gasteiger partial charge in [0.05, 0.1) is 11.7 Å². The highest BCUT2D eigenvalue weighted by atomic mass is 19.1. The lowest BCUT2D eigenvalue weighted by molar-refractivity contribution is -0.118. The van der Waals surface area contributed by atoms with Crippen molar-refractivity contribution in [3.05, 3.63) is 29.8 Å². The molecule has 1 aromatic carbocycles. The van der Waals surface area contributed by atoms with Gasteiger partial charge in [0, 0.05) is 12.1 Å². The normalized spacial score (nSPS) is 18.3. The van der Waals surface area contributed by atoms with Gasteiger partial charge in [0.15, 0.2) is 0 Å². The second-order valence-corrected chi connectivity index (χ2v) is 6.04. The number of carbonyl (C=O) groups excluding carboxylic acids is 1. The number of amides is 1. The lowest BCUT2D eigenvalue weighted by atomic mass is 9.96. The molecule has 3 nitrogen and oxygen atoms in total. The minimum atomic E-state index is -0.758. The Balaban J connectivity index is 1.88. The van der Waals surface area contributed by atoms with Crippen molar-refractivity contribution < 1.29 is 13.6 Å². The van der Waals surface area contributed by atoms with Gasteiger partial charge in [-0.15, -0.1) is 0 Å². The smallest absolute Gasteiger partial charge is 0.241 e. The lowest BCUT2D eigenvalue weighted by Crippen LogP contribution is -2.44. The van der Waals surface area contributed by atoms with Crippen LogP contribution < -0.4 is 10.6 Å². The third kappa shape index (κ3) is 5.05. The van der Waals surface area contributed by atoms with Crippen LogP contribution in [0.4, 0.5) is 14.5 Å². The Morgan fingerprint density at radius 2 is 1.77 bits per heavy atom. The highest BCUT2D eigenvalue weighted by molar-refractivity contribution is 5.94. The highest BCUT2D eigenvalue weighted by Crippen LogP contribution is 2.18. The molecule has 2 N–H and O–H groups in total. The summed E-state index contributed by atoms with van der Waals surface area (Å²) < 4.78 is 26.4. The molecule has 1 atom stereocenters. The van der Waals surface area contributed by atoms with Crippen LogP contribution in [0.15, 0.2) is 18.2 Å². The number of nitrogens with one attached hydrogen (secondary N) is 2. The molecular formula is C17H24F2N2O. The van der Waals surface area contributed by atoms with Gasteiger partial charge >= 0.3 is 0 Å². The summed E-state index contributed by atoms with van der Waals surface area (Å²) in [4.78, 5) is 12.1. The Bertz CT molecular complexity index is 499. The monoisotopic (exact) mass is 310 g/mol. The molecule has 0 heterocycles. The van der Waals surface area contributed by atoms with Gasteiger partial charge in [-0.25, -0.2) is 8.78 Å². The number of hydrogen-bond donors (Lipinski definition) is 2. The number of anilines is 1. The number of hydrogen-bond acceptors (Lipinski definition) is 2. The quantitative estimate of drug-likeness (QED) is 0.882. The molecule has 1 aliphatic carbocycles. The Labute approximate surface area is 130 Å². The molecule has 122 valence electrons. The molecule has 22 heavy (non-hydrogen) atoms. The zero-order chi connectivity index (χ0) is 15.9. The average Bonchev–Trinajstić information content (AvgIpc) is 2.44. The van der Waals surface area contributed by atoms with Crippen LogP contribution in [0.1, 0.15) is 51.9 Å². The van der Waals surface area contributed by atoms with Gasteiger partial charge in [0.2, 0.25) is 5.91 Å². The molecule has 0 aliphatic heterocycles. The van der Waals surface area contributed by atoms with Crippen molar-refractivity contribution >= 4 is 11.6 Å². The van der Waals surface area contributed by atoms with Crippen molar-refractivity contribution in [2.75, 3.05) is 5.32 Å². The second kappa shape index (κ2) is 8.22. The topological polar surface area (TPSA) is 41.1 Å². The Morgan fingerprint density at radius 1 is 1.14 bits per heavy atom. The lowest BCUT2D eigenvalue weighted by Gasteiger charge is -2.24. The van der Waals surface area contributed by atoms with Crippen LogP contribution in [0.5, 0.6) is 0 Å². The number of halogens is 2. The second-order valence-electron chi connectivity index (χ2n) is 6.04. The van der Waals surface area contributed by atoms with Crippen LogP contribution in [-0.2, 0) is 4.79 Å². The molecule has 0 radical (unpaired) electrons. The van der Waals surface area contributed by atoms with E-state index >= 15 is 0 Å². The number of benzene rings is 1. The van der Waals surface area contributed by atoms with Gasteiger partial charge < -0.3 is 10.6 Å². The summed E-state index contributed by atoms with van der Waals surface area (Å²) >= 11 is 0. The van der Waals surface area contributed by atoms with Crippen molar-refractivity contribution in [3.8, 4) is 0 Å². The predicted molar refractivity (Wildman–Crippen MR) is 83.7 cm³/mol. The van der Waals surface area contributed by atoms with Crippen LogP contribution >= 0.6 is 0 Å². The molecule has 1 saturated carbocycles. The van der Waals surface area contributed by atoms with Crippen LogP contribution in [-0.4, -0.2) is 18.0 Å². The maximum atomic E-state index is 13.6. The fourth-order valence-corrected chi connectivity index (χ4v) is 2.88. The van der Waals surface area contributed by atoms with Crippen LogP contribution in [0.2, 0.25) is 0 Å². The van der Waals surface area contributed by atoms with Crippen LogP contribution in [0, 0.1) is 11.6 Å². The first kappa shape index (κ1) is 16.9. The first-order valence-corrected chi connectivity index (χ1v) is 8.08. The maximum Gasteiger partial charge on any atom is 0.241 e. The Kier molecular flexibility index (Phi) is 6.31. The van der Waals surface area contributed by atoms with E-state index in [0.29, 0.717) is 6.04 Å². The van der Waals surface area contributed by atoms with Gasteiger partial charge in [0.25, 0.3) is 0 Å². The van der Waals surface area contributed by atoms with E-state index in [4.69, 9.17) is 0 Å². The summed E-state index contributed by atoms with van der Waals surface area (Å²) in [5.74, 6) is -1.71. The molecule has 0 aromatic heterocycles. The minimum Gasteiger partial charge on any atom is -0.322 e. The zero-order valence-corrected chi connectivity index (χ0v) is 13.0. The summed E-state index contributed by atoms with van der Waals surface area (Å²) in [7, 11) is 0. The fraction of sp³-hybridized carbons (Fsp3) is 0.588. The molecule has 1 fully saturated rings. The standard InChI is InChI=1S/C17H24F2N2O/c1-12(20-14-7-5-3-2-4-6-8-14)17(22)21-16-10-9-13(18)11-15(16)19/h9-12,14,20H,2-8H2,1H3,(H,21,22)/t12-/m1/s1. The first-order chi connectivity index (χ1) is 10.6. The van der Waals surface area contributed by atoms with E-state index in [1.807, 2.05) is 0 Å². The van der Waals surface area contributed by atoms with Crippen molar-refractivity contribution in [2.24, 2.45) is 0 Å². The first-order valence-electron chi connectivity index (χ1n) is 8.08. The fourth-order valence-electron chi connectivity index (χ4n) is 2.88. The Hall–Kier alpha value is -1.49. The van der Waals surface area contributed by atoms with Crippen molar-refractivity contribution in [2.45, 2.75) is 64.0 Å². The number of rotatable bonds is 4. The van der Waals surface area contributed by atoms with Crippen molar-refractivity contribution in [3.63, 3.8) is 0 Å². The van der Waals surface area contributed by atoms with Crippen molar-refractivity contribution in [1.29, 1.82) is 0 Å². The molecular weight excluding hydrogens is 286 g/mol. The molecule has 1 aromatic rings. The van der Waals surface area contributed by atoms with Crippen molar-refractivity contribution in [1.82, 2.24) is 5.32 Å². The van der Waals surface area contributed by atoms with Gasteiger partial charge in [-0.2, -0.15) is 0 Å². The summed E-state index contributed by atoms with van der Waals surface area (Å²) in [5, 5.41) is 5.84. The average molecular weight is 310 g/mol. The predicted octanol–water partition coefficient (Wildman–Crippen LogP) is 3.99. The van der Waals surface area contributed by atoms with E-state index in [-0.39, 0.29) is 11.6 Å². The molecule has 5 heteroatoms. The van der Waals surface area contributed by atoms with E-state index < -0.39 is 17.7 Å². The zero-order valence-electron chi connectivity index (χ0n) is 13.0. The molecule has 0 spiro atoms. The van der Waals surface area contributed by atoms with Gasteiger partial charge in [-0.3, -0.25) is 4.79 Å². The van der Waals surface area contributed by atoms with E-state index in [1.165, 1.54) is 38.2 Å². The molecule has 0 saturated heterocycles. The highest BCUT2D eigenvalue weighted by Gasteiger charge is 2.19. The third-order valence-corrected chi connectivity index (χ3v) is 4.17. The van der Waals surface area contributed by atoms with E-state index in [1.54, 1.807) is 6.92 Å². The van der Waals surface area contributed by atoms with Gasteiger partial charge in [-0.05, 0) is 31.9 Å². The van der Waals surface area contributed by atoms with Crippen LogP contribution in [0.25, 0.3) is 0 Å². The van der Waals surface area contributed by atoms with E-state index in [2.05, 4.69) is 10.6 Å². The summed E-state index contributed by atoms with van der Waals surface area (Å²) in [5.41, 5.74) is 0.0118. The maximum absolute atomic E-state index is 13.6. The summed E-state index contributed by atoms with van der Waals surface area (Å²) in [6.45, 7) is 1.77. The van der Waals surface area contributed by atoms with Gasteiger partial charge in [-0.1, -0.05) is 32.1 Å². The van der Waals surface area contributed by atoms with E-state index in [0.717, 1.165) is 25.0 Å². The van der Waals surface area contributed by atoms with E-state index in [9.17, 15) is 13.6 Å². The molecule has 1 amide bonds. The third-order valence-electron chi connectivity index (χ3n) is 4.17. The molecule has 0 unspecified atom stereocenters. The summed E-state index contributed by atoms with van der Waals surface area (Å²) in [6.07, 6.45) is 8.30. The molecule has 0 bridgehead atoms. The SMILES string of the molecule is C[C@@H](NC1CCCCCCC1)C(=O)Nc1ccc(F)cc1F. The summed E-state index contributed by atoms with van der Waals surface area (Å²) in [6, 6.07) is 3.06. The Morgan fingerprint density at radius 3 is 2.41 bits per heavy atom. The van der Waals surface area contributed by atoms with Crippen LogP contribution in [0.3, 0.4) is 0 Å². The largest absolute Gasteiger partial charge is 0.322 e.